The molecule has 2 rings (SSSR count). The lowest BCUT2D eigenvalue weighted by Gasteiger charge is -2.25. The summed E-state index contributed by atoms with van der Waals surface area (Å²) in [5.41, 5.74) is 6.58. The van der Waals surface area contributed by atoms with Gasteiger partial charge in [-0.3, -0.25) is 19.2 Å². The van der Waals surface area contributed by atoms with Crippen molar-refractivity contribution in [1.29, 1.82) is 0 Å². The average molecular weight is 545 g/mol. The predicted octanol–water partition coefficient (Wildman–Crippen LogP) is -0.366. The maximum atomic E-state index is 13.2. The Morgan fingerprint density at radius 2 is 1.10 bits per heavy atom. The molecule has 0 aliphatic carbocycles. The molecule has 0 radical (unpaired) electrons. The second kappa shape index (κ2) is 14.3. The Labute approximate surface area is 224 Å². The highest BCUT2D eigenvalue weighted by atomic mass is 16.4. The van der Waals surface area contributed by atoms with Gasteiger partial charge in [-0.05, 0) is 48.7 Å². The van der Waals surface area contributed by atoms with Gasteiger partial charge in [-0.15, -0.1) is 0 Å². The molecule has 39 heavy (non-hydrogen) atoms. The minimum Gasteiger partial charge on any atom is -0.508 e. The number of phenolic OH excluding ortho intramolecular Hbond substituents is 2. The maximum absolute atomic E-state index is 13.2. The number of hydrogen-bond acceptors (Lipinski definition) is 8. The summed E-state index contributed by atoms with van der Waals surface area (Å²) in [4.78, 5) is 61.4. The molecule has 210 valence electrons. The van der Waals surface area contributed by atoms with E-state index in [1.807, 2.05) is 0 Å². The second-order valence-electron chi connectivity index (χ2n) is 8.98. The maximum Gasteiger partial charge on any atom is 0.326 e. The fourth-order valence-corrected chi connectivity index (χ4v) is 3.53. The number of nitrogens with two attached hydrogens (primary N) is 1. The molecule has 9 N–H and O–H groups in total. The molecule has 0 fully saturated rings. The van der Waals surface area contributed by atoms with Gasteiger partial charge < -0.3 is 42.1 Å². The van der Waals surface area contributed by atoms with Crippen LogP contribution in [0, 0.1) is 0 Å². The third-order valence-electron chi connectivity index (χ3n) is 5.69. The summed E-state index contributed by atoms with van der Waals surface area (Å²) in [7, 11) is 0. The van der Waals surface area contributed by atoms with Gasteiger partial charge in [-0.2, -0.15) is 0 Å². The van der Waals surface area contributed by atoms with E-state index in [1.54, 1.807) is 0 Å². The molecule has 0 aliphatic rings. The van der Waals surface area contributed by atoms with Crippen molar-refractivity contribution in [3.05, 3.63) is 59.7 Å². The summed E-state index contributed by atoms with van der Waals surface area (Å²) in [6.45, 7) is 1.38. The number of carbonyl (C=O) groups is 5. The number of amides is 3. The third-order valence-corrected chi connectivity index (χ3v) is 5.69. The zero-order valence-electron chi connectivity index (χ0n) is 21.2. The molecule has 0 saturated carbocycles. The summed E-state index contributed by atoms with van der Waals surface area (Å²) in [5, 5.41) is 45.0. The van der Waals surface area contributed by atoms with Crippen LogP contribution in [-0.2, 0) is 36.8 Å². The smallest absolute Gasteiger partial charge is 0.326 e. The molecule has 0 heterocycles. The molecule has 0 bridgehead atoms. The van der Waals surface area contributed by atoms with E-state index in [9.17, 15) is 39.3 Å². The first-order valence-electron chi connectivity index (χ1n) is 12.0. The standard InChI is InChI=1S/C26H32N4O9/c1-14(27)23(35)28-19(10-11-22(33)34)24(36)29-20(12-15-2-6-17(31)7-3-15)25(37)30-21(26(38)39)13-16-4-8-18(32)9-5-16/h2-9,14,19-21,31-32H,10-13,27H2,1H3,(H,28,35)(H,29,36)(H,30,37)(H,33,34)(H,38,39). The number of benzene rings is 2. The average Bonchev–Trinajstić information content (AvgIpc) is 2.87. The highest BCUT2D eigenvalue weighted by Crippen LogP contribution is 2.14. The van der Waals surface area contributed by atoms with E-state index >= 15 is 0 Å². The van der Waals surface area contributed by atoms with Crippen molar-refractivity contribution in [2.75, 3.05) is 0 Å². The monoisotopic (exact) mass is 544 g/mol. The van der Waals surface area contributed by atoms with Crippen LogP contribution < -0.4 is 21.7 Å². The molecule has 0 saturated heterocycles. The molecule has 4 unspecified atom stereocenters. The number of hydrogen-bond donors (Lipinski definition) is 8. The van der Waals surface area contributed by atoms with Crippen molar-refractivity contribution in [2.45, 2.75) is 56.8 Å². The molecule has 2 aromatic rings. The molecule has 0 aromatic heterocycles. The van der Waals surface area contributed by atoms with E-state index in [2.05, 4.69) is 16.0 Å². The molecular weight excluding hydrogens is 512 g/mol. The summed E-state index contributed by atoms with van der Waals surface area (Å²) in [5.74, 6) is -5.02. The highest BCUT2D eigenvalue weighted by Gasteiger charge is 2.30. The number of rotatable bonds is 14. The highest BCUT2D eigenvalue weighted by molar-refractivity contribution is 5.94. The Kier molecular flexibility index (Phi) is 11.2. The molecule has 3 amide bonds. The van der Waals surface area contributed by atoms with Crippen LogP contribution >= 0.6 is 0 Å². The van der Waals surface area contributed by atoms with Gasteiger partial charge in [0.05, 0.1) is 6.04 Å². The Balaban J connectivity index is 2.28. The van der Waals surface area contributed by atoms with E-state index in [0.717, 1.165) is 0 Å². The summed E-state index contributed by atoms with van der Waals surface area (Å²) in [6, 6.07) is 6.46. The lowest BCUT2D eigenvalue weighted by Crippen LogP contribution is -2.57. The van der Waals surface area contributed by atoms with Crippen molar-refractivity contribution in [1.82, 2.24) is 16.0 Å². The second-order valence-corrected chi connectivity index (χ2v) is 8.98. The van der Waals surface area contributed by atoms with Gasteiger partial charge in [0.25, 0.3) is 0 Å². The van der Waals surface area contributed by atoms with Crippen LogP contribution in [0.2, 0.25) is 0 Å². The number of nitrogens with one attached hydrogen (secondary N) is 3. The van der Waals surface area contributed by atoms with E-state index in [4.69, 9.17) is 10.8 Å². The Hall–Kier alpha value is -4.65. The molecule has 13 nitrogen and oxygen atoms in total. The van der Waals surface area contributed by atoms with Crippen molar-refractivity contribution in [3.63, 3.8) is 0 Å². The van der Waals surface area contributed by atoms with Crippen molar-refractivity contribution in [3.8, 4) is 11.5 Å². The number of carbonyl (C=O) groups excluding carboxylic acids is 3. The van der Waals surface area contributed by atoms with Crippen LogP contribution in [0.1, 0.15) is 30.9 Å². The van der Waals surface area contributed by atoms with E-state index < -0.39 is 60.2 Å². The SMILES string of the molecule is CC(N)C(=O)NC(CCC(=O)O)C(=O)NC(Cc1ccc(O)cc1)C(=O)NC(Cc1ccc(O)cc1)C(=O)O. The van der Waals surface area contributed by atoms with E-state index in [-0.39, 0.29) is 30.8 Å². The zero-order valence-corrected chi connectivity index (χ0v) is 21.2. The van der Waals surface area contributed by atoms with E-state index in [0.29, 0.717) is 11.1 Å². The molecule has 0 aliphatic heterocycles. The fraction of sp³-hybridized carbons (Fsp3) is 0.346. The number of aromatic hydroxyl groups is 2. The Bertz CT molecular complexity index is 1170. The minimum atomic E-state index is -1.39. The first-order chi connectivity index (χ1) is 18.3. The molecular formula is C26H32N4O9. The van der Waals surface area contributed by atoms with Crippen LogP contribution in [0.3, 0.4) is 0 Å². The number of phenols is 2. The first kappa shape index (κ1) is 30.6. The number of carboxylic acid groups (broad SMARTS) is 2. The van der Waals surface area contributed by atoms with Crippen molar-refractivity contribution >= 4 is 29.7 Å². The van der Waals surface area contributed by atoms with Gasteiger partial charge in [0.2, 0.25) is 17.7 Å². The fourth-order valence-electron chi connectivity index (χ4n) is 3.53. The minimum absolute atomic E-state index is 0.0140. The Morgan fingerprint density at radius 1 is 0.692 bits per heavy atom. The molecule has 2 aromatic carbocycles. The molecule has 0 spiro atoms. The van der Waals surface area contributed by atoms with Gasteiger partial charge in [-0.1, -0.05) is 24.3 Å². The van der Waals surface area contributed by atoms with Crippen LogP contribution in [0.25, 0.3) is 0 Å². The van der Waals surface area contributed by atoms with Gasteiger partial charge in [0.1, 0.15) is 29.6 Å². The van der Waals surface area contributed by atoms with Gasteiger partial charge in [0, 0.05) is 19.3 Å². The van der Waals surface area contributed by atoms with Crippen LogP contribution in [-0.4, -0.2) is 74.3 Å². The van der Waals surface area contributed by atoms with E-state index in [1.165, 1.54) is 55.5 Å². The van der Waals surface area contributed by atoms with Gasteiger partial charge >= 0.3 is 11.9 Å². The normalized spacial score (nSPS) is 13.8. The summed E-state index contributed by atoms with van der Waals surface area (Å²) in [6.07, 6.45) is -0.977. The topological polar surface area (TPSA) is 228 Å². The van der Waals surface area contributed by atoms with Crippen LogP contribution in [0.4, 0.5) is 0 Å². The Morgan fingerprint density at radius 3 is 1.54 bits per heavy atom. The summed E-state index contributed by atoms with van der Waals surface area (Å²) >= 11 is 0. The zero-order chi connectivity index (χ0) is 29.1. The van der Waals surface area contributed by atoms with Crippen LogP contribution in [0.5, 0.6) is 11.5 Å². The quantitative estimate of drug-likeness (QED) is 0.154. The summed E-state index contributed by atoms with van der Waals surface area (Å²) < 4.78 is 0. The predicted molar refractivity (Wildman–Crippen MR) is 138 cm³/mol. The third kappa shape index (κ3) is 10.3. The lowest BCUT2D eigenvalue weighted by atomic mass is 10.0. The van der Waals surface area contributed by atoms with Gasteiger partial charge in [0.15, 0.2) is 0 Å². The van der Waals surface area contributed by atoms with Gasteiger partial charge in [-0.25, -0.2) is 4.79 Å². The lowest BCUT2D eigenvalue weighted by molar-refractivity contribution is -0.142. The number of aliphatic carboxylic acids is 2. The van der Waals surface area contributed by atoms with Crippen molar-refractivity contribution in [2.24, 2.45) is 5.73 Å². The molecule has 4 atom stereocenters. The number of carboxylic acids is 2. The first-order valence-corrected chi connectivity index (χ1v) is 12.0. The molecule has 13 heteroatoms. The van der Waals surface area contributed by atoms with Crippen LogP contribution in [0.15, 0.2) is 48.5 Å². The largest absolute Gasteiger partial charge is 0.508 e. The van der Waals surface area contributed by atoms with Crippen molar-refractivity contribution < 1.29 is 44.4 Å².